The fraction of sp³-hybridized carbons (Fsp3) is 0.115. The van der Waals surface area contributed by atoms with E-state index in [9.17, 15) is 4.79 Å². The fourth-order valence-electron chi connectivity index (χ4n) is 3.14. The first-order chi connectivity index (χ1) is 16.2. The summed E-state index contributed by atoms with van der Waals surface area (Å²) < 4.78 is 1.85. The number of hydrogen-bond donors (Lipinski definition) is 2. The average molecular weight is 438 g/mol. The van der Waals surface area contributed by atoms with Gasteiger partial charge in [0.25, 0.3) is 5.91 Å². The van der Waals surface area contributed by atoms with E-state index in [1.807, 2.05) is 66.2 Å². The summed E-state index contributed by atoms with van der Waals surface area (Å²) in [5.41, 5.74) is 7.34. The molecule has 7 heteroatoms. The first-order valence-corrected chi connectivity index (χ1v) is 10.4. The molecular formula is C26H23N5O2. The second kappa shape index (κ2) is 10.8. The maximum atomic E-state index is 12.7. The number of hydroxylamine groups is 1. The Balaban J connectivity index is 1.38. The number of aryl methyl sites for hydroxylation is 1. The van der Waals surface area contributed by atoms with E-state index in [0.717, 1.165) is 28.1 Å². The molecule has 164 valence electrons. The van der Waals surface area contributed by atoms with E-state index in [1.54, 1.807) is 31.0 Å². The van der Waals surface area contributed by atoms with Crippen molar-refractivity contribution >= 4 is 11.6 Å². The molecule has 0 spiro atoms. The summed E-state index contributed by atoms with van der Waals surface area (Å²) in [5.74, 6) is 5.93. The molecule has 0 aliphatic heterocycles. The molecule has 0 saturated carbocycles. The van der Waals surface area contributed by atoms with Crippen LogP contribution in [0.25, 0.3) is 0 Å². The van der Waals surface area contributed by atoms with Gasteiger partial charge in [-0.15, -0.1) is 0 Å². The third-order valence-corrected chi connectivity index (χ3v) is 4.96. The van der Waals surface area contributed by atoms with Crippen LogP contribution >= 0.6 is 0 Å². The highest BCUT2D eigenvalue weighted by Crippen LogP contribution is 2.16. The standard InChI is InChI=1S/C26H23N5O2/c1-31-19-28-17-23(31)11-10-21-6-2-3-7-22(21)18-33-30-26(32)24-8-4-5-9-25(24)29-16-20-12-14-27-15-13-20/h2-9,12-15,17,19,29H,16,18H2,1H3,(H,30,32). The summed E-state index contributed by atoms with van der Waals surface area (Å²) in [7, 11) is 1.89. The van der Waals surface area contributed by atoms with Gasteiger partial charge in [0.05, 0.1) is 18.1 Å². The van der Waals surface area contributed by atoms with Gasteiger partial charge in [0, 0.05) is 37.2 Å². The smallest absolute Gasteiger partial charge is 0.276 e. The number of carbonyl (C=O) groups is 1. The van der Waals surface area contributed by atoms with Crippen LogP contribution in [0.5, 0.6) is 0 Å². The molecule has 4 rings (SSSR count). The van der Waals surface area contributed by atoms with Crippen molar-refractivity contribution in [2.24, 2.45) is 7.05 Å². The monoisotopic (exact) mass is 437 g/mol. The van der Waals surface area contributed by atoms with Crippen LogP contribution < -0.4 is 10.8 Å². The van der Waals surface area contributed by atoms with Crippen LogP contribution in [-0.4, -0.2) is 20.4 Å². The van der Waals surface area contributed by atoms with Gasteiger partial charge in [-0.05, 0) is 47.4 Å². The minimum atomic E-state index is -0.328. The van der Waals surface area contributed by atoms with Crippen molar-refractivity contribution in [2.75, 3.05) is 5.32 Å². The van der Waals surface area contributed by atoms with Gasteiger partial charge in [-0.25, -0.2) is 10.5 Å². The van der Waals surface area contributed by atoms with E-state index in [1.165, 1.54) is 0 Å². The van der Waals surface area contributed by atoms with Crippen LogP contribution in [0.15, 0.2) is 85.6 Å². The number of imidazole rings is 1. The molecule has 4 aromatic rings. The van der Waals surface area contributed by atoms with E-state index < -0.39 is 0 Å². The van der Waals surface area contributed by atoms with E-state index in [0.29, 0.717) is 12.1 Å². The van der Waals surface area contributed by atoms with Crippen molar-refractivity contribution in [1.82, 2.24) is 20.0 Å². The van der Waals surface area contributed by atoms with Gasteiger partial charge in [-0.3, -0.25) is 14.6 Å². The topological polar surface area (TPSA) is 81.1 Å². The number of anilines is 1. The lowest BCUT2D eigenvalue weighted by atomic mass is 10.1. The van der Waals surface area contributed by atoms with Gasteiger partial charge in [0.15, 0.2) is 0 Å². The molecule has 0 saturated heterocycles. The number of pyridine rings is 1. The number of para-hydroxylation sites is 1. The zero-order chi connectivity index (χ0) is 22.9. The lowest BCUT2D eigenvalue weighted by molar-refractivity contribution is 0.0233. The molecule has 33 heavy (non-hydrogen) atoms. The number of benzene rings is 2. The van der Waals surface area contributed by atoms with Gasteiger partial charge in [-0.1, -0.05) is 36.3 Å². The van der Waals surface area contributed by atoms with Crippen molar-refractivity contribution in [1.29, 1.82) is 0 Å². The number of amides is 1. The Morgan fingerprint density at radius 3 is 2.61 bits per heavy atom. The Morgan fingerprint density at radius 2 is 1.79 bits per heavy atom. The molecule has 0 radical (unpaired) electrons. The maximum absolute atomic E-state index is 12.7. The van der Waals surface area contributed by atoms with E-state index in [4.69, 9.17) is 4.84 Å². The number of rotatable bonds is 7. The fourth-order valence-corrected chi connectivity index (χ4v) is 3.14. The number of aromatic nitrogens is 3. The Bertz CT molecular complexity index is 1290. The van der Waals surface area contributed by atoms with Gasteiger partial charge < -0.3 is 9.88 Å². The maximum Gasteiger partial charge on any atom is 0.276 e. The zero-order valence-electron chi connectivity index (χ0n) is 18.2. The third-order valence-electron chi connectivity index (χ3n) is 4.96. The Kier molecular flexibility index (Phi) is 7.11. The van der Waals surface area contributed by atoms with Gasteiger partial charge in [-0.2, -0.15) is 0 Å². The van der Waals surface area contributed by atoms with Crippen LogP contribution in [0.2, 0.25) is 0 Å². The van der Waals surface area contributed by atoms with Crippen molar-refractivity contribution in [3.05, 3.63) is 114 Å². The predicted molar refractivity (Wildman–Crippen MR) is 126 cm³/mol. The molecule has 2 aromatic heterocycles. The van der Waals surface area contributed by atoms with Crippen LogP contribution in [0.4, 0.5) is 5.69 Å². The molecule has 0 bridgehead atoms. The summed E-state index contributed by atoms with van der Waals surface area (Å²) in [6.45, 7) is 0.769. The highest BCUT2D eigenvalue weighted by molar-refractivity contribution is 5.99. The normalized spacial score (nSPS) is 10.2. The predicted octanol–water partition coefficient (Wildman–Crippen LogP) is 3.69. The second-order valence-corrected chi connectivity index (χ2v) is 7.27. The minimum Gasteiger partial charge on any atom is -0.380 e. The summed E-state index contributed by atoms with van der Waals surface area (Å²) in [6.07, 6.45) is 6.90. The van der Waals surface area contributed by atoms with Crippen LogP contribution in [0.1, 0.15) is 32.7 Å². The zero-order valence-corrected chi connectivity index (χ0v) is 18.2. The van der Waals surface area contributed by atoms with E-state index >= 15 is 0 Å². The second-order valence-electron chi connectivity index (χ2n) is 7.27. The summed E-state index contributed by atoms with van der Waals surface area (Å²) >= 11 is 0. The molecule has 0 fully saturated rings. The van der Waals surface area contributed by atoms with Crippen molar-refractivity contribution in [3.8, 4) is 11.8 Å². The molecule has 2 heterocycles. The summed E-state index contributed by atoms with van der Waals surface area (Å²) in [5, 5.41) is 3.29. The largest absolute Gasteiger partial charge is 0.380 e. The number of nitrogens with one attached hydrogen (secondary N) is 2. The molecular weight excluding hydrogens is 414 g/mol. The summed E-state index contributed by atoms with van der Waals surface area (Å²) in [4.78, 5) is 26.4. The lowest BCUT2D eigenvalue weighted by Gasteiger charge is -2.12. The first kappa shape index (κ1) is 21.8. The van der Waals surface area contributed by atoms with Crippen molar-refractivity contribution in [3.63, 3.8) is 0 Å². The molecule has 7 nitrogen and oxygen atoms in total. The number of nitrogens with zero attached hydrogens (tertiary/aromatic N) is 3. The van der Waals surface area contributed by atoms with E-state index in [2.05, 4.69) is 32.6 Å². The van der Waals surface area contributed by atoms with Gasteiger partial charge in [0.1, 0.15) is 12.3 Å². The molecule has 0 unspecified atom stereocenters. The number of hydrogen-bond acceptors (Lipinski definition) is 5. The first-order valence-electron chi connectivity index (χ1n) is 10.4. The van der Waals surface area contributed by atoms with Crippen LogP contribution in [0.3, 0.4) is 0 Å². The molecule has 0 atom stereocenters. The SMILES string of the molecule is Cn1cncc1C#Cc1ccccc1CONC(=O)c1ccccc1NCc1ccncc1. The molecule has 0 aliphatic rings. The Hall–Kier alpha value is -4.41. The average Bonchev–Trinajstić information content (AvgIpc) is 3.27. The summed E-state index contributed by atoms with van der Waals surface area (Å²) in [6, 6.07) is 18.8. The molecule has 2 N–H and O–H groups in total. The highest BCUT2D eigenvalue weighted by Gasteiger charge is 2.11. The molecule has 2 aromatic carbocycles. The van der Waals surface area contributed by atoms with Gasteiger partial charge in [0.2, 0.25) is 0 Å². The molecule has 0 aliphatic carbocycles. The highest BCUT2D eigenvalue weighted by atomic mass is 16.6. The van der Waals surface area contributed by atoms with Crippen molar-refractivity contribution < 1.29 is 9.63 Å². The Morgan fingerprint density at radius 1 is 1.00 bits per heavy atom. The van der Waals surface area contributed by atoms with Crippen molar-refractivity contribution in [2.45, 2.75) is 13.2 Å². The quantitative estimate of drug-likeness (QED) is 0.341. The van der Waals surface area contributed by atoms with Gasteiger partial charge >= 0.3 is 0 Å². The molecule has 1 amide bonds. The van der Waals surface area contributed by atoms with E-state index in [-0.39, 0.29) is 12.5 Å². The minimum absolute atomic E-state index is 0.189. The number of carbonyl (C=O) groups excluding carboxylic acids is 1. The third kappa shape index (κ3) is 5.85. The lowest BCUT2D eigenvalue weighted by Crippen LogP contribution is -2.24. The van der Waals surface area contributed by atoms with Crippen LogP contribution in [-0.2, 0) is 25.0 Å². The Labute approximate surface area is 192 Å². The van der Waals surface area contributed by atoms with Crippen LogP contribution in [0, 0.1) is 11.8 Å².